The van der Waals surface area contributed by atoms with Gasteiger partial charge in [0.2, 0.25) is 0 Å². The second-order valence-corrected chi connectivity index (χ2v) is 5.12. The molecule has 0 fully saturated rings. The third-order valence-electron chi connectivity index (χ3n) is 3.47. The van der Waals surface area contributed by atoms with Gasteiger partial charge in [-0.15, -0.1) is 0 Å². The summed E-state index contributed by atoms with van der Waals surface area (Å²) in [5.74, 6) is -0.190. The highest BCUT2D eigenvalue weighted by molar-refractivity contribution is 5.94. The quantitative estimate of drug-likeness (QED) is 0.758. The number of hydrogen-bond acceptors (Lipinski definition) is 4. The van der Waals surface area contributed by atoms with E-state index in [1.165, 1.54) is 6.20 Å². The molecule has 0 aliphatic rings. The third-order valence-corrected chi connectivity index (χ3v) is 3.47. The Labute approximate surface area is 134 Å². The van der Waals surface area contributed by atoms with Crippen LogP contribution in [0.4, 0.5) is 0 Å². The Bertz CT molecular complexity index is 798. The highest BCUT2D eigenvalue weighted by Gasteiger charge is 2.09. The zero-order valence-electron chi connectivity index (χ0n) is 12.8. The average molecular weight is 307 g/mol. The molecule has 0 atom stereocenters. The normalized spacial score (nSPS) is 10.5. The van der Waals surface area contributed by atoms with E-state index in [0.29, 0.717) is 17.8 Å². The maximum atomic E-state index is 12.3. The SMILES string of the molecule is CCc1cc(CNC(=O)c2cnnc(-c3ccccc3)c2)[nH]n1. The number of carbonyl (C=O) groups excluding carboxylic acids is 1. The molecule has 116 valence electrons. The molecular weight excluding hydrogens is 290 g/mol. The Hall–Kier alpha value is -3.02. The third kappa shape index (κ3) is 3.60. The van der Waals surface area contributed by atoms with E-state index >= 15 is 0 Å². The fourth-order valence-corrected chi connectivity index (χ4v) is 2.20. The lowest BCUT2D eigenvalue weighted by Gasteiger charge is -2.05. The van der Waals surface area contributed by atoms with Crippen molar-refractivity contribution in [2.75, 3.05) is 0 Å². The molecule has 2 heterocycles. The molecule has 1 amide bonds. The summed E-state index contributed by atoms with van der Waals surface area (Å²) in [6.45, 7) is 2.43. The van der Waals surface area contributed by atoms with Crippen molar-refractivity contribution in [2.45, 2.75) is 19.9 Å². The maximum absolute atomic E-state index is 12.3. The van der Waals surface area contributed by atoms with Gasteiger partial charge in [-0.1, -0.05) is 37.3 Å². The van der Waals surface area contributed by atoms with Crippen LogP contribution in [0.5, 0.6) is 0 Å². The first kappa shape index (κ1) is 14.9. The zero-order valence-corrected chi connectivity index (χ0v) is 12.8. The largest absolute Gasteiger partial charge is 0.346 e. The summed E-state index contributed by atoms with van der Waals surface area (Å²) in [5.41, 5.74) is 3.93. The first-order valence-electron chi connectivity index (χ1n) is 7.45. The number of aryl methyl sites for hydroxylation is 1. The van der Waals surface area contributed by atoms with E-state index < -0.39 is 0 Å². The monoisotopic (exact) mass is 307 g/mol. The van der Waals surface area contributed by atoms with Gasteiger partial charge in [0.05, 0.1) is 35.4 Å². The molecule has 3 rings (SSSR count). The smallest absolute Gasteiger partial charge is 0.253 e. The van der Waals surface area contributed by atoms with Gasteiger partial charge in [-0.05, 0) is 18.6 Å². The van der Waals surface area contributed by atoms with Crippen LogP contribution in [0.25, 0.3) is 11.3 Å². The summed E-state index contributed by atoms with van der Waals surface area (Å²) >= 11 is 0. The van der Waals surface area contributed by atoms with Gasteiger partial charge in [-0.25, -0.2) is 0 Å². The Morgan fingerprint density at radius 2 is 2.04 bits per heavy atom. The van der Waals surface area contributed by atoms with Crippen molar-refractivity contribution < 1.29 is 4.79 Å². The summed E-state index contributed by atoms with van der Waals surface area (Å²) < 4.78 is 0. The van der Waals surface area contributed by atoms with Crippen molar-refractivity contribution in [3.8, 4) is 11.3 Å². The molecule has 1 aromatic carbocycles. The molecule has 0 spiro atoms. The second kappa shape index (κ2) is 6.83. The second-order valence-electron chi connectivity index (χ2n) is 5.12. The molecule has 0 unspecified atom stereocenters. The van der Waals surface area contributed by atoms with E-state index in [9.17, 15) is 4.79 Å². The molecule has 2 aromatic heterocycles. The maximum Gasteiger partial charge on any atom is 0.253 e. The standard InChI is InChI=1S/C17H17N5O/c1-2-14-9-15(21-20-14)11-18-17(23)13-8-16(22-19-10-13)12-6-4-3-5-7-12/h3-10H,2,11H2,1H3,(H,18,23)(H,20,21). The molecule has 2 N–H and O–H groups in total. The molecule has 3 aromatic rings. The van der Waals surface area contributed by atoms with Crippen LogP contribution in [0.1, 0.15) is 28.7 Å². The van der Waals surface area contributed by atoms with Gasteiger partial charge in [0.15, 0.2) is 0 Å². The fraction of sp³-hybridized carbons (Fsp3) is 0.176. The van der Waals surface area contributed by atoms with Gasteiger partial charge >= 0.3 is 0 Å². The first-order valence-corrected chi connectivity index (χ1v) is 7.45. The van der Waals surface area contributed by atoms with Gasteiger partial charge < -0.3 is 5.32 Å². The van der Waals surface area contributed by atoms with Crippen LogP contribution in [-0.4, -0.2) is 26.3 Å². The number of H-pyrrole nitrogens is 1. The number of amides is 1. The van der Waals surface area contributed by atoms with Crippen LogP contribution in [0.15, 0.2) is 48.7 Å². The summed E-state index contributed by atoms with van der Waals surface area (Å²) in [5, 5.41) is 17.9. The average Bonchev–Trinajstić information content (AvgIpc) is 3.09. The van der Waals surface area contributed by atoms with Crippen molar-refractivity contribution in [2.24, 2.45) is 0 Å². The molecular formula is C17H17N5O. The topological polar surface area (TPSA) is 83.6 Å². The van der Waals surface area contributed by atoms with Crippen molar-refractivity contribution in [3.63, 3.8) is 0 Å². The van der Waals surface area contributed by atoms with Crippen molar-refractivity contribution in [3.05, 3.63) is 65.6 Å². The molecule has 0 bridgehead atoms. The minimum absolute atomic E-state index is 0.190. The van der Waals surface area contributed by atoms with Crippen LogP contribution >= 0.6 is 0 Å². The molecule has 0 radical (unpaired) electrons. The lowest BCUT2D eigenvalue weighted by molar-refractivity contribution is 0.0950. The van der Waals surface area contributed by atoms with Crippen molar-refractivity contribution >= 4 is 5.91 Å². The summed E-state index contributed by atoms with van der Waals surface area (Å²) in [6, 6.07) is 13.3. The molecule has 0 aliphatic heterocycles. The van der Waals surface area contributed by atoms with Crippen LogP contribution < -0.4 is 5.32 Å². The van der Waals surface area contributed by atoms with Crippen LogP contribution in [0.2, 0.25) is 0 Å². The van der Waals surface area contributed by atoms with E-state index in [0.717, 1.165) is 23.4 Å². The number of nitrogens with one attached hydrogen (secondary N) is 2. The van der Waals surface area contributed by atoms with Crippen molar-refractivity contribution in [1.82, 2.24) is 25.7 Å². The van der Waals surface area contributed by atoms with Crippen LogP contribution in [0.3, 0.4) is 0 Å². The van der Waals surface area contributed by atoms with Crippen LogP contribution in [0, 0.1) is 0 Å². The van der Waals surface area contributed by atoms with Crippen LogP contribution in [-0.2, 0) is 13.0 Å². The number of aromatic nitrogens is 4. The van der Waals surface area contributed by atoms with E-state index in [2.05, 4.69) is 25.7 Å². The number of hydrogen-bond donors (Lipinski definition) is 2. The van der Waals surface area contributed by atoms with E-state index in [1.807, 2.05) is 43.3 Å². The predicted molar refractivity (Wildman–Crippen MR) is 86.6 cm³/mol. The molecule has 6 nitrogen and oxygen atoms in total. The Morgan fingerprint density at radius 1 is 1.22 bits per heavy atom. The summed E-state index contributed by atoms with van der Waals surface area (Å²) in [7, 11) is 0. The van der Waals surface area contributed by atoms with E-state index in [1.54, 1.807) is 6.07 Å². The lowest BCUT2D eigenvalue weighted by Crippen LogP contribution is -2.23. The van der Waals surface area contributed by atoms with Crippen molar-refractivity contribution in [1.29, 1.82) is 0 Å². The Kier molecular flexibility index (Phi) is 4.42. The molecule has 0 aliphatic carbocycles. The Balaban J connectivity index is 1.70. The first-order chi connectivity index (χ1) is 11.3. The number of aromatic amines is 1. The minimum atomic E-state index is -0.190. The van der Waals surface area contributed by atoms with Gasteiger partial charge in [0, 0.05) is 5.56 Å². The van der Waals surface area contributed by atoms with Gasteiger partial charge in [-0.3, -0.25) is 9.89 Å². The molecule has 0 saturated heterocycles. The number of nitrogens with zero attached hydrogens (tertiary/aromatic N) is 3. The number of rotatable bonds is 5. The highest BCUT2D eigenvalue weighted by atomic mass is 16.1. The van der Waals surface area contributed by atoms with E-state index in [-0.39, 0.29) is 5.91 Å². The zero-order chi connectivity index (χ0) is 16.1. The minimum Gasteiger partial charge on any atom is -0.346 e. The molecule has 0 saturated carbocycles. The van der Waals surface area contributed by atoms with Gasteiger partial charge in [0.25, 0.3) is 5.91 Å². The lowest BCUT2D eigenvalue weighted by atomic mass is 10.1. The highest BCUT2D eigenvalue weighted by Crippen LogP contribution is 2.16. The van der Waals surface area contributed by atoms with Gasteiger partial charge in [-0.2, -0.15) is 15.3 Å². The molecule has 23 heavy (non-hydrogen) atoms. The summed E-state index contributed by atoms with van der Waals surface area (Å²) in [6.07, 6.45) is 2.32. The summed E-state index contributed by atoms with van der Waals surface area (Å²) in [4.78, 5) is 12.3. The van der Waals surface area contributed by atoms with Gasteiger partial charge in [0.1, 0.15) is 0 Å². The number of carbonyl (C=O) groups is 1. The Morgan fingerprint density at radius 3 is 2.78 bits per heavy atom. The predicted octanol–water partition coefficient (Wildman–Crippen LogP) is 2.36. The fourth-order valence-electron chi connectivity index (χ4n) is 2.20. The number of benzene rings is 1. The van der Waals surface area contributed by atoms with E-state index in [4.69, 9.17) is 0 Å². The molecule has 6 heteroatoms.